The minimum atomic E-state index is -1.33. The quantitative estimate of drug-likeness (QED) is 0.625. The largest absolute Gasteiger partial charge is 0.477 e. The molecule has 0 bridgehead atoms. The van der Waals surface area contributed by atoms with Crippen molar-refractivity contribution in [2.45, 2.75) is 12.7 Å². The lowest BCUT2D eigenvalue weighted by atomic mass is 10.1. The molecule has 0 amide bonds. The van der Waals surface area contributed by atoms with Gasteiger partial charge in [0, 0.05) is 6.07 Å². The topological polar surface area (TPSA) is 98.9 Å². The third-order valence-electron chi connectivity index (χ3n) is 2.62. The van der Waals surface area contributed by atoms with Gasteiger partial charge in [-0.15, -0.1) is 0 Å². The van der Waals surface area contributed by atoms with Crippen LogP contribution in [-0.4, -0.2) is 35.3 Å². The summed E-state index contributed by atoms with van der Waals surface area (Å²) >= 11 is 0. The van der Waals surface area contributed by atoms with Crippen LogP contribution < -0.4 is 0 Å². The van der Waals surface area contributed by atoms with Gasteiger partial charge >= 0.3 is 5.97 Å². The molecule has 0 saturated carbocycles. The van der Waals surface area contributed by atoms with E-state index in [9.17, 15) is 14.9 Å². The molecule has 1 aliphatic heterocycles. The van der Waals surface area contributed by atoms with Gasteiger partial charge in [-0.3, -0.25) is 10.1 Å². The molecule has 0 spiro atoms. The van der Waals surface area contributed by atoms with Gasteiger partial charge in [0.05, 0.1) is 24.7 Å². The Morgan fingerprint density at radius 3 is 2.78 bits per heavy atom. The van der Waals surface area contributed by atoms with E-state index in [0.29, 0.717) is 18.8 Å². The van der Waals surface area contributed by atoms with E-state index >= 15 is 0 Å². The number of carboxylic acids is 1. The molecule has 2 rings (SSSR count). The summed E-state index contributed by atoms with van der Waals surface area (Å²) in [6, 6.07) is 4.12. The molecule has 1 heterocycles. The number of hydrogen-bond acceptors (Lipinski definition) is 5. The summed E-state index contributed by atoms with van der Waals surface area (Å²) in [7, 11) is 0. The van der Waals surface area contributed by atoms with Crippen LogP contribution in [0.1, 0.15) is 15.9 Å². The standard InChI is InChI=1S/C11H11NO6/c13-11(14)10-7(4-18-8-5-17-6-8)2-1-3-9(10)12(15)16/h1-3,8H,4-6H2,(H,13,14). The van der Waals surface area contributed by atoms with Crippen molar-refractivity contribution in [2.75, 3.05) is 13.2 Å². The number of nitro benzene ring substituents is 1. The van der Waals surface area contributed by atoms with Crippen molar-refractivity contribution in [1.29, 1.82) is 0 Å². The molecule has 7 heteroatoms. The number of ether oxygens (including phenoxy) is 2. The van der Waals surface area contributed by atoms with E-state index in [4.69, 9.17) is 14.6 Å². The molecule has 0 aromatic heterocycles. The first-order chi connectivity index (χ1) is 8.59. The number of carboxylic acid groups (broad SMARTS) is 1. The number of carbonyl (C=O) groups is 1. The molecule has 1 fully saturated rings. The molecule has 7 nitrogen and oxygen atoms in total. The summed E-state index contributed by atoms with van der Waals surface area (Å²) < 4.78 is 10.3. The molecule has 0 aliphatic carbocycles. The van der Waals surface area contributed by atoms with Crippen LogP contribution in [0, 0.1) is 10.1 Å². The van der Waals surface area contributed by atoms with Crippen LogP contribution in [0.25, 0.3) is 0 Å². The molecule has 0 atom stereocenters. The van der Waals surface area contributed by atoms with Crippen molar-refractivity contribution in [2.24, 2.45) is 0 Å². The van der Waals surface area contributed by atoms with Crippen LogP contribution in [0.2, 0.25) is 0 Å². The zero-order valence-corrected chi connectivity index (χ0v) is 9.37. The smallest absolute Gasteiger partial charge is 0.343 e. The SMILES string of the molecule is O=C(O)c1c(COC2COC2)cccc1[N+](=O)[O-]. The van der Waals surface area contributed by atoms with E-state index in [2.05, 4.69) is 0 Å². The van der Waals surface area contributed by atoms with E-state index in [1.54, 1.807) is 0 Å². The van der Waals surface area contributed by atoms with Crippen molar-refractivity contribution in [3.8, 4) is 0 Å². The second-order valence-electron chi connectivity index (χ2n) is 3.84. The second-order valence-corrected chi connectivity index (χ2v) is 3.84. The molecule has 96 valence electrons. The molecular formula is C11H11NO6. The molecule has 0 radical (unpaired) electrons. The molecule has 1 aromatic rings. The summed E-state index contributed by atoms with van der Waals surface area (Å²) in [5, 5.41) is 19.8. The van der Waals surface area contributed by atoms with Gasteiger partial charge in [0.25, 0.3) is 5.69 Å². The van der Waals surface area contributed by atoms with Crippen LogP contribution in [0.5, 0.6) is 0 Å². The van der Waals surface area contributed by atoms with Gasteiger partial charge in [-0.25, -0.2) is 4.79 Å². The van der Waals surface area contributed by atoms with Crippen molar-refractivity contribution in [3.63, 3.8) is 0 Å². The number of nitro groups is 1. The third kappa shape index (κ3) is 2.47. The van der Waals surface area contributed by atoms with E-state index in [1.807, 2.05) is 0 Å². The van der Waals surface area contributed by atoms with E-state index in [1.165, 1.54) is 18.2 Å². The highest BCUT2D eigenvalue weighted by Gasteiger charge is 2.25. The molecule has 1 aromatic carbocycles. The van der Waals surface area contributed by atoms with Crippen molar-refractivity contribution < 1.29 is 24.3 Å². The highest BCUT2D eigenvalue weighted by atomic mass is 16.6. The monoisotopic (exact) mass is 253 g/mol. The second kappa shape index (κ2) is 5.11. The van der Waals surface area contributed by atoms with Gasteiger partial charge in [0.2, 0.25) is 0 Å². The Morgan fingerprint density at radius 1 is 1.56 bits per heavy atom. The molecule has 1 saturated heterocycles. The fourth-order valence-electron chi connectivity index (χ4n) is 1.62. The van der Waals surface area contributed by atoms with Crippen LogP contribution in [-0.2, 0) is 16.1 Å². The maximum Gasteiger partial charge on any atom is 0.343 e. The number of rotatable bonds is 5. The van der Waals surface area contributed by atoms with Gasteiger partial charge in [0.15, 0.2) is 0 Å². The summed E-state index contributed by atoms with van der Waals surface area (Å²) in [4.78, 5) is 21.1. The predicted molar refractivity (Wildman–Crippen MR) is 59.5 cm³/mol. The fourth-order valence-corrected chi connectivity index (χ4v) is 1.62. The molecule has 0 unspecified atom stereocenters. The van der Waals surface area contributed by atoms with E-state index in [-0.39, 0.29) is 18.3 Å². The summed E-state index contributed by atoms with van der Waals surface area (Å²) in [6.07, 6.45) is -0.0640. The van der Waals surface area contributed by atoms with Gasteiger partial charge in [-0.05, 0) is 5.56 Å². The zero-order chi connectivity index (χ0) is 13.1. The Balaban J connectivity index is 2.24. The average molecular weight is 253 g/mol. The van der Waals surface area contributed by atoms with Crippen molar-refractivity contribution in [3.05, 3.63) is 39.4 Å². The van der Waals surface area contributed by atoms with Crippen LogP contribution >= 0.6 is 0 Å². The van der Waals surface area contributed by atoms with Crippen LogP contribution in [0.3, 0.4) is 0 Å². The zero-order valence-electron chi connectivity index (χ0n) is 9.37. The van der Waals surface area contributed by atoms with Crippen LogP contribution in [0.15, 0.2) is 18.2 Å². The Morgan fingerprint density at radius 2 is 2.28 bits per heavy atom. The number of aromatic carboxylic acids is 1. The van der Waals surface area contributed by atoms with Gasteiger partial charge in [-0.1, -0.05) is 12.1 Å². The van der Waals surface area contributed by atoms with Crippen molar-refractivity contribution in [1.82, 2.24) is 0 Å². The first-order valence-corrected chi connectivity index (χ1v) is 5.28. The Kier molecular flexibility index (Phi) is 3.54. The minimum absolute atomic E-state index is 0.0251. The van der Waals surface area contributed by atoms with Gasteiger partial charge < -0.3 is 14.6 Å². The summed E-state index contributed by atoms with van der Waals surface area (Å²) in [5.74, 6) is -1.33. The molecule has 1 aliphatic rings. The predicted octanol–water partition coefficient (Wildman–Crippen LogP) is 1.21. The maximum atomic E-state index is 11.1. The highest BCUT2D eigenvalue weighted by Crippen LogP contribution is 2.23. The van der Waals surface area contributed by atoms with E-state index in [0.717, 1.165) is 0 Å². The van der Waals surface area contributed by atoms with Crippen molar-refractivity contribution >= 4 is 11.7 Å². The first kappa shape index (κ1) is 12.5. The normalized spacial score (nSPS) is 15.1. The molecule has 1 N–H and O–H groups in total. The van der Waals surface area contributed by atoms with Gasteiger partial charge in [-0.2, -0.15) is 0 Å². The van der Waals surface area contributed by atoms with Gasteiger partial charge in [0.1, 0.15) is 11.7 Å². The van der Waals surface area contributed by atoms with Crippen LogP contribution in [0.4, 0.5) is 5.69 Å². The average Bonchev–Trinajstić information content (AvgIpc) is 2.26. The molecular weight excluding hydrogens is 242 g/mol. The summed E-state index contributed by atoms with van der Waals surface area (Å²) in [6.45, 7) is 0.964. The number of benzene rings is 1. The fraction of sp³-hybridized carbons (Fsp3) is 0.364. The Labute approximate surface area is 102 Å². The highest BCUT2D eigenvalue weighted by molar-refractivity contribution is 5.94. The lowest BCUT2D eigenvalue weighted by Gasteiger charge is -2.26. The Hall–Kier alpha value is -1.99. The number of nitrogens with zero attached hydrogens (tertiary/aromatic N) is 1. The lowest BCUT2D eigenvalue weighted by Crippen LogP contribution is -2.35. The summed E-state index contributed by atoms with van der Waals surface area (Å²) in [5.41, 5.74) is -0.445. The van der Waals surface area contributed by atoms with E-state index < -0.39 is 16.6 Å². The first-order valence-electron chi connectivity index (χ1n) is 5.28. The molecule has 18 heavy (non-hydrogen) atoms. The third-order valence-corrected chi connectivity index (χ3v) is 2.62. The maximum absolute atomic E-state index is 11.1. The Bertz CT molecular complexity index is 482. The number of hydrogen-bond donors (Lipinski definition) is 1. The minimum Gasteiger partial charge on any atom is -0.477 e. The lowest BCUT2D eigenvalue weighted by molar-refractivity contribution is -0.385.